The molecule has 0 aromatic heterocycles. The molecule has 1 unspecified atom stereocenters. The average Bonchev–Trinajstić information content (AvgIpc) is 2.54. The lowest BCUT2D eigenvalue weighted by Gasteiger charge is -2.22. The molecule has 0 saturated heterocycles. The Kier molecular flexibility index (Phi) is 5.37. The van der Waals surface area contributed by atoms with Gasteiger partial charge in [0.1, 0.15) is 11.4 Å². The summed E-state index contributed by atoms with van der Waals surface area (Å²) in [5.74, 6) is -1.18. The Labute approximate surface area is 138 Å². The predicted octanol–water partition coefficient (Wildman–Crippen LogP) is 3.86. The monoisotopic (exact) mass is 330 g/mol. The van der Waals surface area contributed by atoms with Crippen LogP contribution in [0.3, 0.4) is 0 Å². The van der Waals surface area contributed by atoms with Gasteiger partial charge >= 0.3 is 0 Å². The number of halogens is 1. The third-order valence-electron chi connectivity index (χ3n) is 3.08. The smallest absolute Gasteiger partial charge is 0.256 e. The first-order chi connectivity index (χ1) is 10.9. The van der Waals surface area contributed by atoms with Crippen LogP contribution in [0.15, 0.2) is 53.4 Å². The Balaban J connectivity index is 2.01. The second-order valence-electron chi connectivity index (χ2n) is 5.11. The first-order valence-corrected chi connectivity index (χ1v) is 7.79. The summed E-state index contributed by atoms with van der Waals surface area (Å²) < 4.78 is 13.5. The molecule has 0 saturated carbocycles. The molecule has 2 aromatic rings. The van der Waals surface area contributed by atoms with Crippen molar-refractivity contribution in [2.24, 2.45) is 0 Å². The van der Waals surface area contributed by atoms with E-state index < -0.39 is 17.3 Å². The number of amides is 1. The molecule has 0 bridgehead atoms. The molecule has 4 nitrogen and oxygen atoms in total. The highest BCUT2D eigenvalue weighted by molar-refractivity contribution is 7.99. The zero-order chi connectivity index (χ0) is 16.9. The average molecular weight is 330 g/mol. The van der Waals surface area contributed by atoms with E-state index in [1.54, 1.807) is 0 Å². The van der Waals surface area contributed by atoms with Crippen molar-refractivity contribution in [1.82, 2.24) is 0 Å². The van der Waals surface area contributed by atoms with Crippen molar-refractivity contribution in [3.8, 4) is 0 Å². The molecule has 0 fully saturated rings. The van der Waals surface area contributed by atoms with E-state index in [4.69, 9.17) is 6.57 Å². The highest BCUT2D eigenvalue weighted by Crippen LogP contribution is 2.25. The zero-order valence-corrected chi connectivity index (χ0v) is 13.2. The molecular weight excluding hydrogens is 315 g/mol. The van der Waals surface area contributed by atoms with Gasteiger partial charge in [0, 0.05) is 16.3 Å². The molecule has 118 valence electrons. The number of aliphatic hydroxyl groups is 1. The summed E-state index contributed by atoms with van der Waals surface area (Å²) in [7, 11) is 0. The molecule has 6 heteroatoms. The van der Waals surface area contributed by atoms with Crippen LogP contribution in [0.4, 0.5) is 15.8 Å². The Hall–Kier alpha value is -2.36. The Morgan fingerprint density at radius 2 is 2.04 bits per heavy atom. The van der Waals surface area contributed by atoms with Crippen LogP contribution in [-0.4, -0.2) is 22.4 Å². The molecule has 0 aliphatic carbocycles. The van der Waals surface area contributed by atoms with Crippen molar-refractivity contribution in [3.05, 3.63) is 65.8 Å². The number of rotatable bonds is 5. The zero-order valence-electron chi connectivity index (χ0n) is 12.4. The molecular formula is C17H15FN2O2S. The number of hydrogen-bond acceptors (Lipinski definition) is 3. The maximum Gasteiger partial charge on any atom is 0.256 e. The minimum absolute atomic E-state index is 0.116. The molecule has 2 rings (SSSR count). The largest absolute Gasteiger partial charge is 0.379 e. The van der Waals surface area contributed by atoms with Gasteiger partial charge in [-0.1, -0.05) is 24.3 Å². The van der Waals surface area contributed by atoms with Gasteiger partial charge in [-0.15, -0.1) is 11.8 Å². The number of carbonyl (C=O) groups is 1. The van der Waals surface area contributed by atoms with Gasteiger partial charge in [0.2, 0.25) is 5.69 Å². The molecule has 0 aliphatic heterocycles. The quantitative estimate of drug-likeness (QED) is 0.646. The lowest BCUT2D eigenvalue weighted by Crippen LogP contribution is -2.42. The lowest BCUT2D eigenvalue weighted by atomic mass is 10.1. The lowest BCUT2D eigenvalue weighted by molar-refractivity contribution is -0.130. The number of nitrogens with one attached hydrogen (secondary N) is 1. The van der Waals surface area contributed by atoms with Crippen LogP contribution in [0.1, 0.15) is 6.92 Å². The van der Waals surface area contributed by atoms with Crippen molar-refractivity contribution in [2.75, 3.05) is 11.1 Å². The first-order valence-electron chi connectivity index (χ1n) is 6.81. The predicted molar refractivity (Wildman–Crippen MR) is 89.1 cm³/mol. The van der Waals surface area contributed by atoms with E-state index in [1.165, 1.54) is 30.8 Å². The molecule has 23 heavy (non-hydrogen) atoms. The van der Waals surface area contributed by atoms with E-state index in [0.29, 0.717) is 0 Å². The van der Waals surface area contributed by atoms with Crippen LogP contribution < -0.4 is 5.32 Å². The van der Waals surface area contributed by atoms with Crippen molar-refractivity contribution < 1.29 is 14.3 Å². The minimum Gasteiger partial charge on any atom is -0.379 e. The third-order valence-corrected chi connectivity index (χ3v) is 4.39. The van der Waals surface area contributed by atoms with Crippen LogP contribution in [0.5, 0.6) is 0 Å². The van der Waals surface area contributed by atoms with Crippen LogP contribution in [0, 0.1) is 12.4 Å². The molecule has 0 radical (unpaired) electrons. The van der Waals surface area contributed by atoms with E-state index >= 15 is 0 Å². The highest BCUT2D eigenvalue weighted by atomic mass is 32.2. The number of carbonyl (C=O) groups excluding carboxylic acids is 1. The number of benzene rings is 2. The maximum atomic E-state index is 13.5. The summed E-state index contributed by atoms with van der Waals surface area (Å²) in [6, 6.07) is 13.2. The second kappa shape index (κ2) is 7.27. The fourth-order valence-corrected chi connectivity index (χ4v) is 2.68. The van der Waals surface area contributed by atoms with Gasteiger partial charge in [-0.2, -0.15) is 0 Å². The first kappa shape index (κ1) is 17.0. The van der Waals surface area contributed by atoms with Gasteiger partial charge in [-0.05, 0) is 31.2 Å². The van der Waals surface area contributed by atoms with E-state index in [9.17, 15) is 14.3 Å². The standard InChI is InChI=1S/C17H15FN2O2S/c1-17(22,11-23-13-6-4-3-5-7-13)16(21)20-12-8-9-15(19-2)14(18)10-12/h3-10,22H,11H2,1H3,(H,20,21). The van der Waals surface area contributed by atoms with Crippen LogP contribution in [-0.2, 0) is 4.79 Å². The molecule has 1 amide bonds. The summed E-state index contributed by atoms with van der Waals surface area (Å²) in [6.07, 6.45) is 0. The molecule has 0 heterocycles. The van der Waals surface area contributed by atoms with Crippen molar-refractivity contribution in [1.29, 1.82) is 0 Å². The third kappa shape index (κ3) is 4.55. The number of thioether (sulfide) groups is 1. The summed E-state index contributed by atoms with van der Waals surface area (Å²) in [6.45, 7) is 8.19. The van der Waals surface area contributed by atoms with Crippen LogP contribution in [0.25, 0.3) is 4.85 Å². The SMILES string of the molecule is [C-]#[N+]c1ccc(NC(=O)C(C)(O)CSc2ccccc2)cc1F. The summed E-state index contributed by atoms with van der Waals surface area (Å²) >= 11 is 1.35. The second-order valence-corrected chi connectivity index (χ2v) is 6.16. The summed E-state index contributed by atoms with van der Waals surface area (Å²) in [5, 5.41) is 12.8. The number of nitrogens with zero attached hydrogens (tertiary/aromatic N) is 1. The fourth-order valence-electron chi connectivity index (χ4n) is 1.75. The fraction of sp³-hybridized carbons (Fsp3) is 0.176. The van der Waals surface area contributed by atoms with E-state index in [1.807, 2.05) is 30.3 Å². The number of hydrogen-bond donors (Lipinski definition) is 2. The van der Waals surface area contributed by atoms with Gasteiger partial charge in [-0.25, -0.2) is 9.24 Å². The van der Waals surface area contributed by atoms with Gasteiger partial charge < -0.3 is 10.4 Å². The molecule has 0 aliphatic rings. The van der Waals surface area contributed by atoms with E-state index in [0.717, 1.165) is 11.0 Å². The van der Waals surface area contributed by atoms with Gasteiger partial charge in [-0.3, -0.25) is 4.79 Å². The normalized spacial score (nSPS) is 13.0. The van der Waals surface area contributed by atoms with Crippen LogP contribution >= 0.6 is 11.8 Å². The van der Waals surface area contributed by atoms with E-state index in [-0.39, 0.29) is 17.1 Å². The van der Waals surface area contributed by atoms with Gasteiger partial charge in [0.05, 0.1) is 6.57 Å². The Bertz CT molecular complexity index is 742. The van der Waals surface area contributed by atoms with Crippen LogP contribution in [0.2, 0.25) is 0 Å². The van der Waals surface area contributed by atoms with Crippen molar-refractivity contribution in [2.45, 2.75) is 17.4 Å². The molecule has 2 aromatic carbocycles. The Morgan fingerprint density at radius 1 is 1.35 bits per heavy atom. The van der Waals surface area contributed by atoms with Crippen molar-refractivity contribution in [3.63, 3.8) is 0 Å². The number of anilines is 1. The molecule has 0 spiro atoms. The highest BCUT2D eigenvalue weighted by Gasteiger charge is 2.30. The van der Waals surface area contributed by atoms with Gasteiger partial charge in [0.15, 0.2) is 0 Å². The Morgan fingerprint density at radius 3 is 2.65 bits per heavy atom. The topological polar surface area (TPSA) is 53.7 Å². The summed E-state index contributed by atoms with van der Waals surface area (Å²) in [5.41, 5.74) is -1.53. The minimum atomic E-state index is -1.62. The van der Waals surface area contributed by atoms with Gasteiger partial charge in [0.25, 0.3) is 5.91 Å². The molecule has 2 N–H and O–H groups in total. The summed E-state index contributed by atoms with van der Waals surface area (Å²) in [4.78, 5) is 16.1. The van der Waals surface area contributed by atoms with Crippen molar-refractivity contribution >= 4 is 29.0 Å². The molecule has 1 atom stereocenters. The maximum absolute atomic E-state index is 13.5. The van der Waals surface area contributed by atoms with E-state index in [2.05, 4.69) is 10.2 Å².